The summed E-state index contributed by atoms with van der Waals surface area (Å²) < 4.78 is 42.5. The predicted molar refractivity (Wildman–Crippen MR) is 89.1 cm³/mol. The van der Waals surface area contributed by atoms with Gasteiger partial charge in [0.05, 0.1) is 11.8 Å². The van der Waals surface area contributed by atoms with E-state index < -0.39 is 17.6 Å². The third-order valence-electron chi connectivity index (χ3n) is 3.47. The van der Waals surface area contributed by atoms with Gasteiger partial charge in [0.1, 0.15) is 0 Å². The smallest absolute Gasteiger partial charge is 0.416 e. The van der Waals surface area contributed by atoms with Crippen LogP contribution < -0.4 is 10.6 Å². The Morgan fingerprint density at radius 3 is 2.31 bits per heavy atom. The molecule has 26 heavy (non-hydrogen) atoms. The number of carbonyl (C=O) groups excluding carboxylic acids is 2. The fraction of sp³-hybridized carbons (Fsp3) is 0.222. The average molecular weight is 366 g/mol. The van der Waals surface area contributed by atoms with Gasteiger partial charge >= 0.3 is 6.18 Å². The number of alkyl halides is 3. The van der Waals surface area contributed by atoms with E-state index in [2.05, 4.69) is 10.6 Å². The maximum absolute atomic E-state index is 12.5. The van der Waals surface area contributed by atoms with Crippen LogP contribution in [0, 0.1) is 0 Å². The first-order valence-corrected chi connectivity index (χ1v) is 7.73. The molecule has 2 amide bonds. The highest BCUT2D eigenvalue weighted by Gasteiger charge is 2.29. The molecule has 1 heterocycles. The van der Waals surface area contributed by atoms with Gasteiger partial charge in [-0.1, -0.05) is 12.1 Å². The Morgan fingerprint density at radius 2 is 1.73 bits per heavy atom. The second-order valence-electron chi connectivity index (χ2n) is 5.43. The zero-order valence-electron chi connectivity index (χ0n) is 13.9. The van der Waals surface area contributed by atoms with Crippen molar-refractivity contribution >= 4 is 17.4 Å². The summed E-state index contributed by atoms with van der Waals surface area (Å²) in [7, 11) is 0. The number of hydrogen-bond acceptors (Lipinski definition) is 3. The van der Waals surface area contributed by atoms with E-state index in [1.165, 1.54) is 30.5 Å². The molecule has 2 rings (SSSR count). The van der Waals surface area contributed by atoms with Crippen LogP contribution in [0.4, 0.5) is 13.2 Å². The molecule has 0 saturated heterocycles. The molecule has 1 aromatic heterocycles. The van der Waals surface area contributed by atoms with Crippen molar-refractivity contribution in [3.8, 4) is 0 Å². The standard InChI is InChI=1S/C18H17F3N2O3/c1-12(13-4-6-14(7-5-13)18(19,20)21)11-16(24)22-8-9-23-17(25)15-3-2-10-26-15/h2-7,10-11H,8-9H2,1H3,(H,22,24)(H,23,25)/b12-11+. The lowest BCUT2D eigenvalue weighted by atomic mass is 10.0. The lowest BCUT2D eigenvalue weighted by Crippen LogP contribution is -2.33. The second kappa shape index (κ2) is 8.37. The molecule has 0 unspecified atom stereocenters. The molecule has 0 aliphatic heterocycles. The third kappa shape index (κ3) is 5.51. The molecule has 0 bridgehead atoms. The summed E-state index contributed by atoms with van der Waals surface area (Å²) in [6.07, 6.45) is -1.73. The number of benzene rings is 1. The minimum atomic E-state index is -4.40. The molecule has 138 valence electrons. The van der Waals surface area contributed by atoms with Crippen LogP contribution in [0.15, 0.2) is 53.2 Å². The maximum Gasteiger partial charge on any atom is 0.416 e. The van der Waals surface area contributed by atoms with Gasteiger partial charge in [-0.15, -0.1) is 0 Å². The van der Waals surface area contributed by atoms with E-state index in [9.17, 15) is 22.8 Å². The number of carbonyl (C=O) groups is 2. The number of furan rings is 1. The molecule has 0 aliphatic rings. The van der Waals surface area contributed by atoms with Crippen LogP contribution in [0.2, 0.25) is 0 Å². The van der Waals surface area contributed by atoms with Crippen molar-refractivity contribution in [2.75, 3.05) is 13.1 Å². The lowest BCUT2D eigenvalue weighted by Gasteiger charge is -2.08. The molecule has 2 N–H and O–H groups in total. The summed E-state index contributed by atoms with van der Waals surface area (Å²) in [5.74, 6) is -0.621. The van der Waals surface area contributed by atoms with E-state index in [4.69, 9.17) is 4.42 Å². The van der Waals surface area contributed by atoms with Crippen molar-refractivity contribution in [3.05, 3.63) is 65.6 Å². The topological polar surface area (TPSA) is 71.3 Å². The summed E-state index contributed by atoms with van der Waals surface area (Å²) >= 11 is 0. The van der Waals surface area contributed by atoms with Gasteiger partial charge in [0.15, 0.2) is 5.76 Å². The Hall–Kier alpha value is -3.03. The van der Waals surface area contributed by atoms with Crippen molar-refractivity contribution < 1.29 is 27.2 Å². The number of halogens is 3. The van der Waals surface area contributed by atoms with Crippen molar-refractivity contribution in [3.63, 3.8) is 0 Å². The van der Waals surface area contributed by atoms with Crippen LogP contribution in [-0.2, 0) is 11.0 Å². The van der Waals surface area contributed by atoms with Gasteiger partial charge in [0, 0.05) is 19.2 Å². The molecule has 0 aliphatic carbocycles. The summed E-state index contributed by atoms with van der Waals surface area (Å²) in [4.78, 5) is 23.4. The highest BCUT2D eigenvalue weighted by molar-refractivity contribution is 5.95. The van der Waals surface area contributed by atoms with Gasteiger partial charge in [-0.25, -0.2) is 0 Å². The van der Waals surface area contributed by atoms with Crippen molar-refractivity contribution in [2.45, 2.75) is 13.1 Å². The molecule has 5 nitrogen and oxygen atoms in total. The number of amides is 2. The highest BCUT2D eigenvalue weighted by atomic mass is 19.4. The number of hydrogen-bond donors (Lipinski definition) is 2. The van der Waals surface area contributed by atoms with Crippen LogP contribution in [0.3, 0.4) is 0 Å². The van der Waals surface area contributed by atoms with Crippen LogP contribution in [0.25, 0.3) is 5.57 Å². The number of allylic oxidation sites excluding steroid dienone is 1. The first kappa shape index (κ1) is 19.3. The van der Waals surface area contributed by atoms with E-state index in [1.54, 1.807) is 13.0 Å². The Bertz CT molecular complexity index is 779. The van der Waals surface area contributed by atoms with Crippen LogP contribution in [-0.4, -0.2) is 24.9 Å². The fourth-order valence-corrected chi connectivity index (χ4v) is 2.11. The largest absolute Gasteiger partial charge is 0.459 e. The summed E-state index contributed by atoms with van der Waals surface area (Å²) in [6.45, 7) is 2.03. The van der Waals surface area contributed by atoms with E-state index in [0.29, 0.717) is 11.1 Å². The third-order valence-corrected chi connectivity index (χ3v) is 3.47. The first-order chi connectivity index (χ1) is 12.3. The Balaban J connectivity index is 1.81. The van der Waals surface area contributed by atoms with Crippen molar-refractivity contribution in [2.24, 2.45) is 0 Å². The van der Waals surface area contributed by atoms with Gasteiger partial charge in [-0.05, 0) is 42.3 Å². The molecule has 8 heteroatoms. The van der Waals surface area contributed by atoms with Gasteiger partial charge in [0.25, 0.3) is 5.91 Å². The minimum Gasteiger partial charge on any atom is -0.459 e. The summed E-state index contributed by atoms with van der Waals surface area (Å²) in [6, 6.07) is 7.66. The molecule has 1 aromatic carbocycles. The van der Waals surface area contributed by atoms with E-state index in [0.717, 1.165) is 12.1 Å². The van der Waals surface area contributed by atoms with Crippen LogP contribution >= 0.6 is 0 Å². The average Bonchev–Trinajstić information content (AvgIpc) is 3.12. The van der Waals surface area contributed by atoms with Gasteiger partial charge < -0.3 is 15.1 Å². The van der Waals surface area contributed by atoms with Gasteiger partial charge in [-0.3, -0.25) is 9.59 Å². The molecule has 0 fully saturated rings. The van der Waals surface area contributed by atoms with Crippen LogP contribution in [0.1, 0.15) is 28.6 Å². The zero-order valence-corrected chi connectivity index (χ0v) is 13.9. The molecule has 2 aromatic rings. The Kier molecular flexibility index (Phi) is 6.21. The van der Waals surface area contributed by atoms with Gasteiger partial charge in [0.2, 0.25) is 5.91 Å². The summed E-state index contributed by atoms with van der Waals surface area (Å²) in [5.41, 5.74) is 0.293. The van der Waals surface area contributed by atoms with E-state index >= 15 is 0 Å². The maximum atomic E-state index is 12.5. The van der Waals surface area contributed by atoms with Crippen molar-refractivity contribution in [1.82, 2.24) is 10.6 Å². The zero-order chi connectivity index (χ0) is 19.2. The predicted octanol–water partition coefficient (Wildman–Crippen LogP) is 3.25. The Labute approximate surface area is 147 Å². The van der Waals surface area contributed by atoms with Crippen LogP contribution in [0.5, 0.6) is 0 Å². The molecule has 0 spiro atoms. The number of rotatable bonds is 6. The normalized spacial score (nSPS) is 11.9. The molecule has 0 radical (unpaired) electrons. The molecular formula is C18H17F3N2O3. The quantitative estimate of drug-likeness (QED) is 0.609. The number of nitrogens with one attached hydrogen (secondary N) is 2. The first-order valence-electron chi connectivity index (χ1n) is 7.73. The fourth-order valence-electron chi connectivity index (χ4n) is 2.11. The SMILES string of the molecule is C/C(=C\C(=O)NCCNC(=O)c1ccco1)c1ccc(C(F)(F)F)cc1. The lowest BCUT2D eigenvalue weighted by molar-refractivity contribution is -0.137. The molecular weight excluding hydrogens is 349 g/mol. The Morgan fingerprint density at radius 1 is 1.08 bits per heavy atom. The van der Waals surface area contributed by atoms with E-state index in [1.807, 2.05) is 0 Å². The van der Waals surface area contributed by atoms with E-state index in [-0.39, 0.29) is 24.8 Å². The molecule has 0 atom stereocenters. The molecule has 0 saturated carbocycles. The summed E-state index contributed by atoms with van der Waals surface area (Å²) in [5, 5.41) is 5.15. The highest BCUT2D eigenvalue weighted by Crippen LogP contribution is 2.29. The monoisotopic (exact) mass is 366 g/mol. The second-order valence-corrected chi connectivity index (χ2v) is 5.43. The van der Waals surface area contributed by atoms with Gasteiger partial charge in [-0.2, -0.15) is 13.2 Å². The van der Waals surface area contributed by atoms with Crippen molar-refractivity contribution in [1.29, 1.82) is 0 Å². The minimum absolute atomic E-state index is 0.175.